The number of β-lactam (4-membered cyclic amide) rings is 1. The summed E-state index contributed by atoms with van der Waals surface area (Å²) in [6.07, 6.45) is 1.14. The SMILES string of the molecule is C[C@@H](NC(=O)N1C(=O)C[C@H]1Cc1ccccc1)c1ccccc1. The lowest BCUT2D eigenvalue weighted by molar-refractivity contribution is -0.140. The number of amides is 3. The molecule has 0 spiro atoms. The number of rotatable bonds is 4. The van der Waals surface area contributed by atoms with Crippen LogP contribution in [-0.4, -0.2) is 22.9 Å². The molecule has 0 radical (unpaired) electrons. The van der Waals surface area contributed by atoms with E-state index in [2.05, 4.69) is 5.32 Å². The fourth-order valence-corrected chi connectivity index (χ4v) is 2.89. The van der Waals surface area contributed by atoms with E-state index < -0.39 is 0 Å². The number of hydrogen-bond acceptors (Lipinski definition) is 2. The molecule has 1 fully saturated rings. The number of nitrogens with one attached hydrogen (secondary N) is 1. The first-order valence-corrected chi connectivity index (χ1v) is 7.86. The second-order valence-electron chi connectivity index (χ2n) is 5.89. The van der Waals surface area contributed by atoms with Crippen LogP contribution >= 0.6 is 0 Å². The molecule has 0 saturated carbocycles. The molecular formula is C19H20N2O2. The van der Waals surface area contributed by atoms with Crippen LogP contribution in [0.2, 0.25) is 0 Å². The van der Waals surface area contributed by atoms with E-state index in [0.29, 0.717) is 12.8 Å². The topological polar surface area (TPSA) is 49.4 Å². The van der Waals surface area contributed by atoms with E-state index in [1.165, 1.54) is 4.90 Å². The third-order valence-corrected chi connectivity index (χ3v) is 4.22. The Bertz CT molecular complexity index is 685. The van der Waals surface area contributed by atoms with Crippen LogP contribution < -0.4 is 5.32 Å². The maximum absolute atomic E-state index is 12.4. The van der Waals surface area contributed by atoms with Crippen LogP contribution in [0.4, 0.5) is 4.79 Å². The van der Waals surface area contributed by atoms with Crippen molar-refractivity contribution in [1.29, 1.82) is 0 Å². The van der Waals surface area contributed by atoms with Gasteiger partial charge in [-0.15, -0.1) is 0 Å². The number of benzene rings is 2. The van der Waals surface area contributed by atoms with Crippen LogP contribution in [-0.2, 0) is 11.2 Å². The van der Waals surface area contributed by atoms with E-state index in [9.17, 15) is 9.59 Å². The van der Waals surface area contributed by atoms with Crippen LogP contribution in [0.25, 0.3) is 0 Å². The maximum atomic E-state index is 12.4. The fraction of sp³-hybridized carbons (Fsp3) is 0.263. The highest BCUT2D eigenvalue weighted by Gasteiger charge is 2.40. The fourth-order valence-electron chi connectivity index (χ4n) is 2.89. The Kier molecular flexibility index (Phi) is 4.42. The van der Waals surface area contributed by atoms with Gasteiger partial charge in [0, 0.05) is 6.42 Å². The summed E-state index contributed by atoms with van der Waals surface area (Å²) in [5.74, 6) is -0.108. The minimum Gasteiger partial charge on any atom is -0.331 e. The summed E-state index contributed by atoms with van der Waals surface area (Å²) >= 11 is 0. The Hall–Kier alpha value is -2.62. The number of likely N-dealkylation sites (tertiary alicyclic amines) is 1. The number of urea groups is 1. The van der Waals surface area contributed by atoms with Gasteiger partial charge >= 0.3 is 6.03 Å². The molecule has 0 bridgehead atoms. The minimum absolute atomic E-state index is 0.0483. The summed E-state index contributed by atoms with van der Waals surface area (Å²) in [5.41, 5.74) is 2.16. The molecule has 0 unspecified atom stereocenters. The van der Waals surface area contributed by atoms with E-state index >= 15 is 0 Å². The maximum Gasteiger partial charge on any atom is 0.324 e. The Labute approximate surface area is 136 Å². The Balaban J connectivity index is 1.62. The Morgan fingerprint density at radius 3 is 2.35 bits per heavy atom. The molecule has 2 aromatic rings. The molecule has 1 aliphatic heterocycles. The number of carbonyl (C=O) groups is 2. The van der Waals surface area contributed by atoms with E-state index in [4.69, 9.17) is 0 Å². The first-order chi connectivity index (χ1) is 11.1. The number of imide groups is 1. The Morgan fingerprint density at radius 1 is 1.13 bits per heavy atom. The van der Waals surface area contributed by atoms with Crippen molar-refractivity contribution in [2.75, 3.05) is 0 Å². The van der Waals surface area contributed by atoms with Gasteiger partial charge in [0.15, 0.2) is 0 Å². The third-order valence-electron chi connectivity index (χ3n) is 4.22. The van der Waals surface area contributed by atoms with Gasteiger partial charge < -0.3 is 5.32 Å². The molecule has 4 heteroatoms. The predicted molar refractivity (Wildman–Crippen MR) is 88.8 cm³/mol. The summed E-state index contributed by atoms with van der Waals surface area (Å²) in [7, 11) is 0. The molecule has 1 saturated heterocycles. The van der Waals surface area contributed by atoms with Crippen LogP contribution in [0.1, 0.15) is 30.5 Å². The van der Waals surface area contributed by atoms with Gasteiger partial charge in [-0.05, 0) is 24.5 Å². The van der Waals surface area contributed by atoms with Crippen molar-refractivity contribution in [3.8, 4) is 0 Å². The molecule has 4 nitrogen and oxygen atoms in total. The summed E-state index contributed by atoms with van der Waals surface area (Å²) in [6, 6.07) is 19.2. The van der Waals surface area contributed by atoms with Gasteiger partial charge in [0.25, 0.3) is 0 Å². The zero-order chi connectivity index (χ0) is 16.2. The summed E-state index contributed by atoms with van der Waals surface area (Å²) in [6.45, 7) is 1.92. The van der Waals surface area contributed by atoms with Crippen LogP contribution in [0, 0.1) is 0 Å². The molecule has 2 aromatic carbocycles. The van der Waals surface area contributed by atoms with Crippen molar-refractivity contribution in [2.45, 2.75) is 31.8 Å². The number of carbonyl (C=O) groups excluding carboxylic acids is 2. The van der Waals surface area contributed by atoms with Gasteiger partial charge in [-0.3, -0.25) is 9.69 Å². The third kappa shape index (κ3) is 3.42. The zero-order valence-electron chi connectivity index (χ0n) is 13.1. The molecule has 0 aliphatic carbocycles. The summed E-state index contributed by atoms with van der Waals surface area (Å²) < 4.78 is 0. The largest absolute Gasteiger partial charge is 0.331 e. The smallest absolute Gasteiger partial charge is 0.324 e. The van der Waals surface area contributed by atoms with Crippen molar-refractivity contribution in [3.05, 3.63) is 71.8 Å². The van der Waals surface area contributed by atoms with E-state index in [1.807, 2.05) is 67.6 Å². The summed E-state index contributed by atoms with van der Waals surface area (Å²) in [4.78, 5) is 25.6. The van der Waals surface area contributed by atoms with E-state index in [-0.39, 0.29) is 24.0 Å². The van der Waals surface area contributed by atoms with Crippen LogP contribution in [0.15, 0.2) is 60.7 Å². The molecule has 1 N–H and O–H groups in total. The quantitative estimate of drug-likeness (QED) is 0.881. The standard InChI is InChI=1S/C19H20N2O2/c1-14(16-10-6-3-7-11-16)20-19(23)21-17(13-18(21)22)12-15-8-4-2-5-9-15/h2-11,14,17H,12-13H2,1H3,(H,20,23)/t14-,17-/m1/s1. The van der Waals surface area contributed by atoms with Crippen molar-refractivity contribution in [1.82, 2.24) is 10.2 Å². The monoisotopic (exact) mass is 308 g/mol. The molecular weight excluding hydrogens is 288 g/mol. The second-order valence-corrected chi connectivity index (χ2v) is 5.89. The van der Waals surface area contributed by atoms with Crippen molar-refractivity contribution >= 4 is 11.9 Å². The van der Waals surface area contributed by atoms with Gasteiger partial charge in [-0.1, -0.05) is 60.7 Å². The van der Waals surface area contributed by atoms with Crippen molar-refractivity contribution < 1.29 is 9.59 Å². The average molecular weight is 308 g/mol. The lowest BCUT2D eigenvalue weighted by Crippen LogP contribution is -2.59. The van der Waals surface area contributed by atoms with Gasteiger partial charge in [0.2, 0.25) is 5.91 Å². The molecule has 1 heterocycles. The summed E-state index contributed by atoms with van der Waals surface area (Å²) in [5, 5.41) is 2.91. The molecule has 23 heavy (non-hydrogen) atoms. The van der Waals surface area contributed by atoms with E-state index in [1.54, 1.807) is 0 Å². The van der Waals surface area contributed by atoms with Crippen LogP contribution in [0.5, 0.6) is 0 Å². The van der Waals surface area contributed by atoms with Gasteiger partial charge in [-0.2, -0.15) is 0 Å². The molecule has 0 aromatic heterocycles. The lowest BCUT2D eigenvalue weighted by Gasteiger charge is -2.39. The zero-order valence-corrected chi connectivity index (χ0v) is 13.1. The van der Waals surface area contributed by atoms with Gasteiger partial charge in [0.1, 0.15) is 0 Å². The lowest BCUT2D eigenvalue weighted by atomic mass is 9.95. The van der Waals surface area contributed by atoms with E-state index in [0.717, 1.165) is 11.1 Å². The highest BCUT2D eigenvalue weighted by molar-refractivity contribution is 5.99. The minimum atomic E-state index is -0.307. The molecule has 3 amide bonds. The Morgan fingerprint density at radius 2 is 1.74 bits per heavy atom. The molecule has 118 valence electrons. The molecule has 2 atom stereocenters. The van der Waals surface area contributed by atoms with Gasteiger partial charge in [-0.25, -0.2) is 4.79 Å². The van der Waals surface area contributed by atoms with Crippen LogP contribution in [0.3, 0.4) is 0 Å². The first-order valence-electron chi connectivity index (χ1n) is 7.86. The second kappa shape index (κ2) is 6.65. The normalized spacial score (nSPS) is 18.2. The number of nitrogens with zero attached hydrogens (tertiary/aromatic N) is 1. The van der Waals surface area contributed by atoms with Crippen molar-refractivity contribution in [3.63, 3.8) is 0 Å². The molecule has 1 aliphatic rings. The average Bonchev–Trinajstić information content (AvgIpc) is 2.55. The van der Waals surface area contributed by atoms with Crippen molar-refractivity contribution in [2.24, 2.45) is 0 Å². The highest BCUT2D eigenvalue weighted by atomic mass is 16.2. The molecule has 3 rings (SSSR count). The highest BCUT2D eigenvalue weighted by Crippen LogP contribution is 2.24. The predicted octanol–water partition coefficient (Wildman–Crippen LogP) is 3.30. The first kappa shape index (κ1) is 15.3. The number of hydrogen-bond donors (Lipinski definition) is 1. The van der Waals surface area contributed by atoms with Gasteiger partial charge in [0.05, 0.1) is 12.1 Å².